The molecule has 7 heteroatoms. The van der Waals surface area contributed by atoms with E-state index in [1.54, 1.807) is 6.07 Å². The number of hydrogen-bond acceptors (Lipinski definition) is 4. The van der Waals surface area contributed by atoms with Crippen molar-refractivity contribution in [2.24, 2.45) is 5.92 Å². The molecule has 0 saturated carbocycles. The third kappa shape index (κ3) is 3.61. The molecule has 1 aromatic carbocycles. The van der Waals surface area contributed by atoms with Gasteiger partial charge in [-0.15, -0.1) is 0 Å². The van der Waals surface area contributed by atoms with Crippen molar-refractivity contribution in [2.45, 2.75) is 6.42 Å². The average molecular weight is 304 g/mol. The second kappa shape index (κ2) is 5.38. The van der Waals surface area contributed by atoms with Gasteiger partial charge in [-0.25, -0.2) is 13.2 Å². The molecule has 1 heterocycles. The molecule has 104 valence electrons. The maximum atomic E-state index is 11.3. The first-order valence-electron chi connectivity index (χ1n) is 5.84. The van der Waals surface area contributed by atoms with Crippen LogP contribution in [-0.4, -0.2) is 37.5 Å². The molecule has 2 rings (SSSR count). The molecule has 19 heavy (non-hydrogen) atoms. The van der Waals surface area contributed by atoms with E-state index in [2.05, 4.69) is 5.32 Å². The fraction of sp³-hybridized carbons (Fsp3) is 0.417. The third-order valence-corrected chi connectivity index (χ3v) is 5.27. The van der Waals surface area contributed by atoms with Crippen LogP contribution < -0.4 is 5.32 Å². The molecule has 0 aromatic heterocycles. The van der Waals surface area contributed by atoms with Gasteiger partial charge in [0.15, 0.2) is 9.84 Å². The largest absolute Gasteiger partial charge is 0.478 e. The van der Waals surface area contributed by atoms with E-state index >= 15 is 0 Å². The van der Waals surface area contributed by atoms with Crippen LogP contribution in [-0.2, 0) is 9.84 Å². The lowest BCUT2D eigenvalue weighted by Gasteiger charge is -2.12. The molecule has 1 atom stereocenters. The molecule has 1 unspecified atom stereocenters. The Kier molecular flexibility index (Phi) is 4.01. The van der Waals surface area contributed by atoms with Crippen molar-refractivity contribution in [1.82, 2.24) is 0 Å². The van der Waals surface area contributed by atoms with Crippen molar-refractivity contribution in [3.63, 3.8) is 0 Å². The van der Waals surface area contributed by atoms with Crippen LogP contribution in [0.4, 0.5) is 5.69 Å². The molecule has 1 saturated heterocycles. The van der Waals surface area contributed by atoms with Crippen molar-refractivity contribution in [3.05, 3.63) is 28.8 Å². The summed E-state index contributed by atoms with van der Waals surface area (Å²) >= 11 is 5.97. The Bertz CT molecular complexity index is 600. The van der Waals surface area contributed by atoms with E-state index in [1.807, 2.05) is 0 Å². The fourth-order valence-corrected chi connectivity index (χ4v) is 4.19. The van der Waals surface area contributed by atoms with Gasteiger partial charge in [-0.2, -0.15) is 0 Å². The van der Waals surface area contributed by atoms with Gasteiger partial charge in [-0.1, -0.05) is 11.6 Å². The van der Waals surface area contributed by atoms with Gasteiger partial charge in [0.05, 0.1) is 27.8 Å². The van der Waals surface area contributed by atoms with Crippen LogP contribution in [0.15, 0.2) is 18.2 Å². The highest BCUT2D eigenvalue weighted by atomic mass is 35.5. The zero-order valence-corrected chi connectivity index (χ0v) is 11.7. The van der Waals surface area contributed by atoms with E-state index < -0.39 is 15.8 Å². The topological polar surface area (TPSA) is 83.5 Å². The first-order chi connectivity index (χ1) is 8.87. The summed E-state index contributed by atoms with van der Waals surface area (Å²) < 4.78 is 22.6. The Morgan fingerprint density at radius 3 is 2.74 bits per heavy atom. The van der Waals surface area contributed by atoms with Gasteiger partial charge >= 0.3 is 5.97 Å². The summed E-state index contributed by atoms with van der Waals surface area (Å²) in [7, 11) is -2.88. The highest BCUT2D eigenvalue weighted by Crippen LogP contribution is 2.25. The van der Waals surface area contributed by atoms with E-state index in [0.29, 0.717) is 23.7 Å². The molecule has 0 bridgehead atoms. The van der Waals surface area contributed by atoms with Gasteiger partial charge in [0.1, 0.15) is 0 Å². The highest BCUT2D eigenvalue weighted by Gasteiger charge is 2.27. The predicted molar refractivity (Wildman–Crippen MR) is 73.7 cm³/mol. The fourth-order valence-electron chi connectivity index (χ4n) is 2.08. The van der Waals surface area contributed by atoms with Gasteiger partial charge in [-0.3, -0.25) is 0 Å². The molecule has 0 aliphatic carbocycles. The summed E-state index contributed by atoms with van der Waals surface area (Å²) in [6.45, 7) is 0.519. The number of carboxylic acid groups (broad SMARTS) is 1. The molecule has 0 amide bonds. The van der Waals surface area contributed by atoms with Crippen molar-refractivity contribution in [1.29, 1.82) is 0 Å². The first-order valence-corrected chi connectivity index (χ1v) is 8.04. The molecule has 1 aromatic rings. The minimum absolute atomic E-state index is 0.0835. The lowest BCUT2D eigenvalue weighted by molar-refractivity contribution is 0.0697. The van der Waals surface area contributed by atoms with Crippen molar-refractivity contribution in [2.75, 3.05) is 23.4 Å². The highest BCUT2D eigenvalue weighted by molar-refractivity contribution is 7.91. The van der Waals surface area contributed by atoms with Crippen LogP contribution in [0.3, 0.4) is 0 Å². The predicted octanol–water partition coefficient (Wildman–Crippen LogP) is 1.88. The lowest BCUT2D eigenvalue weighted by Crippen LogP contribution is -2.15. The minimum atomic E-state index is -2.88. The number of sulfone groups is 1. The Hall–Kier alpha value is -1.27. The second-order valence-corrected chi connectivity index (χ2v) is 7.29. The van der Waals surface area contributed by atoms with Gasteiger partial charge in [0, 0.05) is 6.54 Å². The molecule has 2 N–H and O–H groups in total. The normalized spacial score (nSPS) is 21.2. The van der Waals surface area contributed by atoms with Crippen LogP contribution in [0.5, 0.6) is 0 Å². The number of aromatic carboxylic acids is 1. The van der Waals surface area contributed by atoms with Crippen LogP contribution in [0.2, 0.25) is 5.02 Å². The monoisotopic (exact) mass is 303 g/mol. The molecule has 1 aliphatic heterocycles. The maximum Gasteiger partial charge on any atom is 0.335 e. The smallest absolute Gasteiger partial charge is 0.335 e. The Morgan fingerprint density at radius 2 is 2.21 bits per heavy atom. The SMILES string of the molecule is O=C(O)c1ccc(NCC2CCS(=O)(=O)C2)c(Cl)c1. The zero-order chi connectivity index (χ0) is 14.0. The number of hydrogen-bond donors (Lipinski definition) is 2. The van der Waals surface area contributed by atoms with Gasteiger partial charge in [0.2, 0.25) is 0 Å². The molecule has 1 fully saturated rings. The quantitative estimate of drug-likeness (QED) is 0.887. The number of benzene rings is 1. The van der Waals surface area contributed by atoms with E-state index in [0.717, 1.165) is 0 Å². The molecule has 5 nitrogen and oxygen atoms in total. The Labute approximate surface area is 116 Å². The van der Waals surface area contributed by atoms with Crippen LogP contribution in [0.1, 0.15) is 16.8 Å². The number of anilines is 1. The number of halogens is 1. The summed E-state index contributed by atoms with van der Waals surface area (Å²) in [4.78, 5) is 10.8. The number of rotatable bonds is 4. The number of carboxylic acids is 1. The van der Waals surface area contributed by atoms with Crippen LogP contribution in [0, 0.1) is 5.92 Å². The van der Waals surface area contributed by atoms with Gasteiger partial charge in [0.25, 0.3) is 0 Å². The first kappa shape index (κ1) is 14.1. The zero-order valence-electron chi connectivity index (χ0n) is 10.1. The number of carbonyl (C=O) groups is 1. The van der Waals surface area contributed by atoms with Gasteiger partial charge < -0.3 is 10.4 Å². The second-order valence-electron chi connectivity index (χ2n) is 4.65. The molecular formula is C12H14ClNO4S. The lowest BCUT2D eigenvalue weighted by atomic mass is 10.1. The summed E-state index contributed by atoms with van der Waals surface area (Å²) in [6, 6.07) is 4.43. The molecular weight excluding hydrogens is 290 g/mol. The molecule has 0 spiro atoms. The molecule has 1 aliphatic rings. The van der Waals surface area contributed by atoms with Gasteiger partial charge in [-0.05, 0) is 30.5 Å². The average Bonchev–Trinajstić information content (AvgIpc) is 2.67. The Morgan fingerprint density at radius 1 is 1.47 bits per heavy atom. The summed E-state index contributed by atoms with van der Waals surface area (Å²) in [6.07, 6.45) is 0.653. The third-order valence-electron chi connectivity index (χ3n) is 3.12. The van der Waals surface area contributed by atoms with Crippen molar-refractivity contribution in [3.8, 4) is 0 Å². The summed E-state index contributed by atoms with van der Waals surface area (Å²) in [5.41, 5.74) is 0.745. The summed E-state index contributed by atoms with van der Waals surface area (Å²) in [5, 5.41) is 12.2. The van der Waals surface area contributed by atoms with E-state index in [-0.39, 0.29) is 23.0 Å². The standard InChI is InChI=1S/C12H14ClNO4S/c13-10-5-9(12(15)16)1-2-11(10)14-6-8-3-4-19(17,18)7-8/h1-2,5,8,14H,3-4,6-7H2,(H,15,16). The summed E-state index contributed by atoms with van der Waals surface area (Å²) in [5.74, 6) is -0.508. The molecule has 0 radical (unpaired) electrons. The Balaban J connectivity index is 1.99. The van der Waals surface area contributed by atoms with E-state index in [4.69, 9.17) is 16.7 Å². The number of nitrogens with one attached hydrogen (secondary N) is 1. The van der Waals surface area contributed by atoms with Crippen molar-refractivity contribution >= 4 is 33.1 Å². The minimum Gasteiger partial charge on any atom is -0.478 e. The maximum absolute atomic E-state index is 11.3. The van der Waals surface area contributed by atoms with Crippen LogP contribution >= 0.6 is 11.6 Å². The van der Waals surface area contributed by atoms with E-state index in [1.165, 1.54) is 12.1 Å². The van der Waals surface area contributed by atoms with Crippen LogP contribution in [0.25, 0.3) is 0 Å². The van der Waals surface area contributed by atoms with Crippen molar-refractivity contribution < 1.29 is 18.3 Å². The van der Waals surface area contributed by atoms with E-state index in [9.17, 15) is 13.2 Å².